The Kier molecular flexibility index (Phi) is 12.7. The molecule has 2 rings (SSSR count). The molecule has 0 amide bonds. The van der Waals surface area contributed by atoms with Gasteiger partial charge >= 0.3 is 0 Å². The largest absolute Gasteiger partial charge is 0.490 e. The third-order valence-corrected chi connectivity index (χ3v) is 8.72. The lowest BCUT2D eigenvalue weighted by Gasteiger charge is -2.28. The Labute approximate surface area is 246 Å². The predicted octanol–water partition coefficient (Wildman–Crippen LogP) is 8.64. The summed E-state index contributed by atoms with van der Waals surface area (Å²) in [6.45, 7) is 5.90. The van der Waals surface area contributed by atoms with Crippen molar-refractivity contribution in [1.29, 1.82) is 0 Å². The molecule has 184 valence electrons. The number of alkyl halides is 2. The molecule has 0 saturated heterocycles. The molecule has 0 radical (unpaired) electrons. The van der Waals surface area contributed by atoms with E-state index >= 15 is 0 Å². The highest BCUT2D eigenvalue weighted by atomic mass is 79.9. The number of hydrogen-bond donors (Lipinski definition) is 0. The lowest BCUT2D eigenvalue weighted by atomic mass is 9.78. The Morgan fingerprint density at radius 3 is 1.55 bits per heavy atom. The van der Waals surface area contributed by atoms with Crippen LogP contribution in [0.3, 0.4) is 0 Å². The summed E-state index contributed by atoms with van der Waals surface area (Å²) < 4.78 is 26.1. The fraction of sp³-hybridized carbons (Fsp3) is 0.478. The van der Waals surface area contributed by atoms with Gasteiger partial charge in [-0.2, -0.15) is 0 Å². The molecule has 0 aliphatic heterocycles. The third-order valence-electron chi connectivity index (χ3n) is 5.11. The Morgan fingerprint density at radius 2 is 1.18 bits per heavy atom. The minimum Gasteiger partial charge on any atom is -0.490 e. The van der Waals surface area contributed by atoms with Crippen molar-refractivity contribution in [2.75, 3.05) is 39.4 Å². The lowest BCUT2D eigenvalue weighted by Crippen LogP contribution is -2.22. The fourth-order valence-electron chi connectivity index (χ4n) is 3.04. The van der Waals surface area contributed by atoms with E-state index < -0.39 is 0 Å². The Hall–Kier alpha value is 0.840. The number of halogens is 6. The molecular formula is C23H26Br6O4. The predicted molar refractivity (Wildman–Crippen MR) is 156 cm³/mol. The molecule has 33 heavy (non-hydrogen) atoms. The maximum atomic E-state index is 6.01. The quantitative estimate of drug-likeness (QED) is 0.201. The van der Waals surface area contributed by atoms with Crippen LogP contribution in [-0.2, 0) is 14.9 Å². The van der Waals surface area contributed by atoms with Crippen LogP contribution in [0.4, 0.5) is 0 Å². The van der Waals surface area contributed by atoms with Crippen LogP contribution in [0.5, 0.6) is 11.5 Å². The number of ether oxygens (including phenoxy) is 4. The summed E-state index contributed by atoms with van der Waals surface area (Å²) in [5.41, 5.74) is 1.98. The molecule has 10 heteroatoms. The van der Waals surface area contributed by atoms with Crippen LogP contribution >= 0.6 is 95.6 Å². The number of rotatable bonds is 12. The van der Waals surface area contributed by atoms with E-state index in [0.29, 0.717) is 25.2 Å². The smallest absolute Gasteiger partial charge is 0.147 e. The van der Waals surface area contributed by atoms with Crippen molar-refractivity contribution in [3.63, 3.8) is 0 Å². The van der Waals surface area contributed by atoms with Crippen molar-refractivity contribution in [2.45, 2.75) is 30.2 Å². The van der Waals surface area contributed by atoms with E-state index in [1.807, 2.05) is 0 Å². The average molecular weight is 846 g/mol. The van der Waals surface area contributed by atoms with E-state index in [0.717, 1.165) is 40.5 Å². The highest BCUT2D eigenvalue weighted by molar-refractivity contribution is 9.11. The van der Waals surface area contributed by atoms with Crippen LogP contribution in [0.2, 0.25) is 0 Å². The maximum Gasteiger partial charge on any atom is 0.147 e. The fourth-order valence-corrected chi connectivity index (χ4v) is 6.72. The average Bonchev–Trinajstić information content (AvgIpc) is 2.75. The van der Waals surface area contributed by atoms with Crippen LogP contribution in [0, 0.1) is 0 Å². The van der Waals surface area contributed by atoms with Crippen LogP contribution in [-0.4, -0.2) is 50.3 Å². The first-order chi connectivity index (χ1) is 15.5. The summed E-state index contributed by atoms with van der Waals surface area (Å²) in [6.07, 6.45) is -0.0235. The lowest BCUT2D eigenvalue weighted by molar-refractivity contribution is 0.0752. The highest BCUT2D eigenvalue weighted by Gasteiger charge is 2.27. The van der Waals surface area contributed by atoms with Gasteiger partial charge in [-0.05, 0) is 99.1 Å². The van der Waals surface area contributed by atoms with E-state index in [4.69, 9.17) is 18.9 Å². The molecule has 0 spiro atoms. The van der Waals surface area contributed by atoms with Gasteiger partial charge < -0.3 is 18.9 Å². The molecule has 2 atom stereocenters. The third kappa shape index (κ3) is 8.17. The van der Waals surface area contributed by atoms with Gasteiger partial charge in [-0.3, -0.25) is 0 Å². The number of methoxy groups -OCH3 is 2. The van der Waals surface area contributed by atoms with E-state index in [2.05, 4.69) is 134 Å². The van der Waals surface area contributed by atoms with E-state index in [-0.39, 0.29) is 16.3 Å². The van der Waals surface area contributed by atoms with Crippen LogP contribution in [0.25, 0.3) is 0 Å². The molecule has 0 bridgehead atoms. The summed E-state index contributed by atoms with van der Waals surface area (Å²) in [7, 11) is 3.35. The van der Waals surface area contributed by atoms with Crippen molar-refractivity contribution >= 4 is 95.6 Å². The Bertz CT molecular complexity index is 887. The zero-order valence-corrected chi connectivity index (χ0v) is 28.2. The zero-order chi connectivity index (χ0) is 24.8. The van der Waals surface area contributed by atoms with Crippen molar-refractivity contribution in [2.24, 2.45) is 0 Å². The van der Waals surface area contributed by atoms with Crippen LogP contribution in [0.1, 0.15) is 25.0 Å². The second-order valence-corrected chi connectivity index (χ2v) is 13.2. The van der Waals surface area contributed by atoms with Gasteiger partial charge in [0.25, 0.3) is 0 Å². The second-order valence-electron chi connectivity index (χ2n) is 7.85. The van der Waals surface area contributed by atoms with E-state index in [1.54, 1.807) is 14.2 Å². The van der Waals surface area contributed by atoms with Crippen molar-refractivity contribution in [1.82, 2.24) is 0 Å². The van der Waals surface area contributed by atoms with Gasteiger partial charge in [-0.1, -0.05) is 45.7 Å². The Balaban J connectivity index is 2.30. The maximum absolute atomic E-state index is 6.01. The molecule has 2 aromatic rings. The SMILES string of the molecule is COCC(Br)COc1c(Br)cc(C(C)(C)c2cc(Br)c(OCC(CBr)OC)c(Br)c2)cc1Br. The highest BCUT2D eigenvalue weighted by Crippen LogP contribution is 2.44. The molecule has 2 unspecified atom stereocenters. The molecule has 0 N–H and O–H groups in total. The molecule has 0 saturated carbocycles. The van der Waals surface area contributed by atoms with Gasteiger partial charge in [0, 0.05) is 25.0 Å². The van der Waals surface area contributed by atoms with E-state index in [9.17, 15) is 0 Å². The van der Waals surface area contributed by atoms with E-state index in [1.165, 1.54) is 0 Å². The molecule has 0 heterocycles. The van der Waals surface area contributed by atoms with Gasteiger partial charge in [-0.25, -0.2) is 0 Å². The summed E-state index contributed by atoms with van der Waals surface area (Å²) in [4.78, 5) is 0.113. The molecule has 2 aromatic carbocycles. The molecule has 0 fully saturated rings. The van der Waals surface area contributed by atoms with Crippen molar-refractivity contribution < 1.29 is 18.9 Å². The van der Waals surface area contributed by atoms with Gasteiger partial charge in [-0.15, -0.1) is 0 Å². The molecule has 0 aliphatic rings. The zero-order valence-electron chi connectivity index (χ0n) is 18.7. The first kappa shape index (κ1) is 30.1. The normalized spacial score (nSPS) is 13.6. The van der Waals surface area contributed by atoms with Crippen molar-refractivity contribution in [3.05, 3.63) is 53.3 Å². The first-order valence-corrected chi connectivity index (χ1v) is 15.2. The van der Waals surface area contributed by atoms with Crippen LogP contribution in [0.15, 0.2) is 42.2 Å². The number of benzene rings is 2. The van der Waals surface area contributed by atoms with Crippen molar-refractivity contribution in [3.8, 4) is 11.5 Å². The molecule has 4 nitrogen and oxygen atoms in total. The monoisotopic (exact) mass is 840 g/mol. The minimum absolute atomic E-state index is 0.0235. The number of hydrogen-bond acceptors (Lipinski definition) is 4. The first-order valence-electron chi connectivity index (χ1n) is 10.0. The Morgan fingerprint density at radius 1 is 0.758 bits per heavy atom. The standard InChI is InChI=1S/C23H26Br6O4/c1-23(2,13-5-17(26)21(18(27)6-13)32-11-15(25)10-30-3)14-7-19(28)22(20(29)8-14)33-12-16(9-24)31-4/h5-8,15-16H,9-12H2,1-4H3. The molecule has 0 aliphatic carbocycles. The van der Waals surface area contributed by atoms with Gasteiger partial charge in [0.15, 0.2) is 0 Å². The van der Waals surface area contributed by atoms with Gasteiger partial charge in [0.1, 0.15) is 30.8 Å². The summed E-state index contributed by atoms with van der Waals surface area (Å²) in [5.74, 6) is 1.52. The summed E-state index contributed by atoms with van der Waals surface area (Å²) >= 11 is 21.7. The van der Waals surface area contributed by atoms with Crippen LogP contribution < -0.4 is 9.47 Å². The topological polar surface area (TPSA) is 36.9 Å². The molecular weight excluding hydrogens is 820 g/mol. The van der Waals surface area contributed by atoms with Gasteiger partial charge in [0.05, 0.1) is 29.3 Å². The van der Waals surface area contributed by atoms with Gasteiger partial charge in [0.2, 0.25) is 0 Å². The summed E-state index contributed by atoms with van der Waals surface area (Å²) in [5, 5.41) is 0.704. The molecule has 0 aromatic heterocycles. The minimum atomic E-state index is -0.286. The second kappa shape index (κ2) is 14.0. The summed E-state index contributed by atoms with van der Waals surface area (Å²) in [6, 6.07) is 8.40.